The van der Waals surface area contributed by atoms with Crippen molar-refractivity contribution in [1.29, 1.82) is 0 Å². The minimum atomic E-state index is -0.925. The number of nitrogens with two attached hydrogens (primary N) is 1. The molecule has 0 aromatic carbocycles. The minimum absolute atomic E-state index is 0.447. The van der Waals surface area contributed by atoms with Crippen LogP contribution in [0.3, 0.4) is 0 Å². The summed E-state index contributed by atoms with van der Waals surface area (Å²) in [5.74, 6) is 2.70. The molecule has 0 bridgehead atoms. The molecule has 86 valence electrons. The fourth-order valence-electron chi connectivity index (χ4n) is 0.880. The quantitative estimate of drug-likeness (QED) is 0.439. The lowest BCUT2D eigenvalue weighted by Crippen LogP contribution is -2.00. The van der Waals surface area contributed by atoms with E-state index in [9.17, 15) is 4.39 Å². The third-order valence-corrected chi connectivity index (χ3v) is 1.48. The summed E-state index contributed by atoms with van der Waals surface area (Å²) < 4.78 is 12.5. The van der Waals surface area contributed by atoms with Gasteiger partial charge in [0.2, 0.25) is 0 Å². The SMILES string of the molecule is C#CC.CC(F)/C=C(\C=C/CCl)CCN. The second-order valence-electron chi connectivity index (χ2n) is 2.80. The molecule has 1 atom stereocenters. The Bertz CT molecular complexity index is 226. The highest BCUT2D eigenvalue weighted by Crippen LogP contribution is 2.06. The van der Waals surface area contributed by atoms with Gasteiger partial charge >= 0.3 is 0 Å². The maximum atomic E-state index is 12.5. The van der Waals surface area contributed by atoms with Gasteiger partial charge < -0.3 is 5.73 Å². The van der Waals surface area contributed by atoms with Crippen LogP contribution in [0.25, 0.3) is 0 Å². The Balaban J connectivity index is 0. The van der Waals surface area contributed by atoms with Crippen LogP contribution in [0.4, 0.5) is 4.39 Å². The number of terminal acetylenes is 1. The Morgan fingerprint density at radius 3 is 2.53 bits per heavy atom. The molecule has 0 amide bonds. The van der Waals surface area contributed by atoms with Crippen molar-refractivity contribution in [3.05, 3.63) is 23.8 Å². The van der Waals surface area contributed by atoms with Crippen LogP contribution in [-0.2, 0) is 0 Å². The molecule has 0 aliphatic heterocycles. The van der Waals surface area contributed by atoms with E-state index in [2.05, 4.69) is 12.3 Å². The highest BCUT2D eigenvalue weighted by Gasteiger charge is 1.95. The summed E-state index contributed by atoms with van der Waals surface area (Å²) in [5, 5.41) is 0. The zero-order valence-electron chi connectivity index (χ0n) is 9.34. The fraction of sp³-hybridized carbons (Fsp3) is 0.500. The molecule has 0 aromatic heterocycles. The van der Waals surface area contributed by atoms with Crippen LogP contribution in [0.1, 0.15) is 20.3 Å². The van der Waals surface area contributed by atoms with E-state index >= 15 is 0 Å². The Hall–Kier alpha value is -0.780. The minimum Gasteiger partial charge on any atom is -0.330 e. The van der Waals surface area contributed by atoms with Gasteiger partial charge in [0, 0.05) is 5.88 Å². The number of hydrogen-bond donors (Lipinski definition) is 1. The fourth-order valence-corrected chi connectivity index (χ4v) is 0.969. The highest BCUT2D eigenvalue weighted by atomic mass is 35.5. The van der Waals surface area contributed by atoms with Gasteiger partial charge in [-0.05, 0) is 38.5 Å². The molecule has 0 radical (unpaired) electrons. The standard InChI is InChI=1S/C9H15ClFN.C3H4/c1-8(11)7-9(4-6-12)3-2-5-10;1-3-2/h2-3,7-8H,4-6,12H2,1H3;1H,2H3/b3-2-,9-7+;. The molecule has 0 spiro atoms. The van der Waals surface area contributed by atoms with Gasteiger partial charge in [0.1, 0.15) is 6.17 Å². The van der Waals surface area contributed by atoms with Gasteiger partial charge in [-0.3, -0.25) is 0 Å². The Morgan fingerprint density at radius 1 is 1.67 bits per heavy atom. The Kier molecular flexibility index (Phi) is 14.7. The molecular weight excluding hydrogens is 213 g/mol. The maximum Gasteiger partial charge on any atom is 0.116 e. The van der Waals surface area contributed by atoms with E-state index < -0.39 is 6.17 Å². The van der Waals surface area contributed by atoms with Crippen molar-refractivity contribution in [1.82, 2.24) is 0 Å². The largest absolute Gasteiger partial charge is 0.330 e. The van der Waals surface area contributed by atoms with E-state index in [0.29, 0.717) is 18.8 Å². The van der Waals surface area contributed by atoms with Gasteiger partial charge in [-0.25, -0.2) is 4.39 Å². The van der Waals surface area contributed by atoms with Crippen molar-refractivity contribution >= 4 is 11.6 Å². The molecule has 0 rings (SSSR count). The number of alkyl halides is 2. The average molecular weight is 232 g/mol. The van der Waals surface area contributed by atoms with Gasteiger partial charge in [0.25, 0.3) is 0 Å². The number of allylic oxidation sites excluding steroid dienone is 3. The van der Waals surface area contributed by atoms with Crippen LogP contribution in [0.5, 0.6) is 0 Å². The maximum absolute atomic E-state index is 12.5. The Labute approximate surface area is 97.2 Å². The molecule has 0 saturated heterocycles. The molecular formula is C12H19ClFN. The van der Waals surface area contributed by atoms with E-state index in [1.165, 1.54) is 6.92 Å². The van der Waals surface area contributed by atoms with Gasteiger partial charge in [-0.1, -0.05) is 12.2 Å². The van der Waals surface area contributed by atoms with E-state index in [0.717, 1.165) is 5.57 Å². The normalized spacial score (nSPS) is 12.9. The van der Waals surface area contributed by atoms with Crippen molar-refractivity contribution in [2.45, 2.75) is 26.4 Å². The predicted molar refractivity (Wildman–Crippen MR) is 66.7 cm³/mol. The highest BCUT2D eigenvalue weighted by molar-refractivity contribution is 6.18. The lowest BCUT2D eigenvalue weighted by molar-refractivity contribution is 0.428. The summed E-state index contributed by atoms with van der Waals surface area (Å²) >= 11 is 5.44. The topological polar surface area (TPSA) is 26.0 Å². The van der Waals surface area contributed by atoms with E-state index in [-0.39, 0.29) is 0 Å². The van der Waals surface area contributed by atoms with Crippen molar-refractivity contribution < 1.29 is 4.39 Å². The first-order valence-corrected chi connectivity index (χ1v) is 5.30. The van der Waals surface area contributed by atoms with Crippen molar-refractivity contribution in [2.24, 2.45) is 5.73 Å². The molecule has 3 heteroatoms. The van der Waals surface area contributed by atoms with E-state index in [4.69, 9.17) is 17.3 Å². The van der Waals surface area contributed by atoms with Crippen molar-refractivity contribution in [2.75, 3.05) is 12.4 Å². The van der Waals surface area contributed by atoms with Gasteiger partial charge in [-0.15, -0.1) is 23.9 Å². The van der Waals surface area contributed by atoms with Crippen LogP contribution in [0, 0.1) is 12.3 Å². The number of halogens is 2. The summed E-state index contributed by atoms with van der Waals surface area (Å²) in [6.45, 7) is 3.68. The van der Waals surface area contributed by atoms with Crippen molar-refractivity contribution in [3.63, 3.8) is 0 Å². The predicted octanol–water partition coefficient (Wildman–Crippen LogP) is 3.05. The van der Waals surface area contributed by atoms with Crippen molar-refractivity contribution in [3.8, 4) is 12.3 Å². The van der Waals surface area contributed by atoms with Crippen LogP contribution in [0.15, 0.2) is 23.8 Å². The van der Waals surface area contributed by atoms with E-state index in [1.54, 1.807) is 19.1 Å². The smallest absolute Gasteiger partial charge is 0.116 e. The number of rotatable bonds is 5. The first kappa shape index (κ1) is 16.6. The first-order valence-electron chi connectivity index (χ1n) is 4.77. The summed E-state index contributed by atoms with van der Waals surface area (Å²) in [6.07, 6.45) is 9.52. The molecule has 0 fully saturated rings. The van der Waals surface area contributed by atoms with Gasteiger partial charge in [-0.2, -0.15) is 0 Å². The van der Waals surface area contributed by atoms with Crippen LogP contribution >= 0.6 is 11.6 Å². The first-order chi connectivity index (χ1) is 7.12. The van der Waals surface area contributed by atoms with Crippen LogP contribution < -0.4 is 5.73 Å². The van der Waals surface area contributed by atoms with Crippen LogP contribution in [-0.4, -0.2) is 18.6 Å². The molecule has 2 N–H and O–H groups in total. The zero-order valence-corrected chi connectivity index (χ0v) is 10.1. The Morgan fingerprint density at radius 2 is 2.20 bits per heavy atom. The molecule has 0 aliphatic carbocycles. The third-order valence-electron chi connectivity index (χ3n) is 1.30. The molecule has 15 heavy (non-hydrogen) atoms. The summed E-state index contributed by atoms with van der Waals surface area (Å²) in [5.41, 5.74) is 6.26. The summed E-state index contributed by atoms with van der Waals surface area (Å²) in [7, 11) is 0. The lowest BCUT2D eigenvalue weighted by atomic mass is 10.1. The second kappa shape index (κ2) is 13.2. The molecule has 1 nitrogen and oxygen atoms in total. The molecule has 0 aliphatic rings. The summed E-state index contributed by atoms with van der Waals surface area (Å²) in [4.78, 5) is 0. The average Bonchev–Trinajstić information content (AvgIpc) is 2.15. The third kappa shape index (κ3) is 15.9. The van der Waals surface area contributed by atoms with Gasteiger partial charge in [0.05, 0.1) is 0 Å². The summed E-state index contributed by atoms with van der Waals surface area (Å²) in [6, 6.07) is 0. The zero-order chi connectivity index (χ0) is 12.1. The van der Waals surface area contributed by atoms with Gasteiger partial charge in [0.15, 0.2) is 0 Å². The molecule has 0 aromatic rings. The van der Waals surface area contributed by atoms with Crippen LogP contribution in [0.2, 0.25) is 0 Å². The molecule has 1 unspecified atom stereocenters. The number of hydrogen-bond acceptors (Lipinski definition) is 1. The monoisotopic (exact) mass is 231 g/mol. The molecule has 0 saturated carbocycles. The van der Waals surface area contributed by atoms with E-state index in [1.807, 2.05) is 6.08 Å². The molecule has 0 heterocycles. The lowest BCUT2D eigenvalue weighted by Gasteiger charge is -2.00. The second-order valence-corrected chi connectivity index (χ2v) is 3.11.